The summed E-state index contributed by atoms with van der Waals surface area (Å²) in [5, 5.41) is 0. The zero-order valence-electron chi connectivity index (χ0n) is 22.7. The van der Waals surface area contributed by atoms with Crippen LogP contribution in [0.3, 0.4) is 0 Å². The van der Waals surface area contributed by atoms with Crippen molar-refractivity contribution in [3.05, 3.63) is 91.3 Å². The molecule has 0 unspecified atom stereocenters. The summed E-state index contributed by atoms with van der Waals surface area (Å²) >= 11 is 0. The van der Waals surface area contributed by atoms with Crippen LogP contribution in [0.1, 0.15) is 53.2 Å². The lowest BCUT2D eigenvalue weighted by Gasteiger charge is -2.26. The number of aromatic nitrogens is 3. The van der Waals surface area contributed by atoms with Crippen LogP contribution in [-0.4, -0.2) is 33.5 Å². The van der Waals surface area contributed by atoms with E-state index >= 15 is 0 Å². The second-order valence-electron chi connectivity index (χ2n) is 8.49. The van der Waals surface area contributed by atoms with Gasteiger partial charge in [0, 0.05) is 30.2 Å². The molecule has 7 heteroatoms. The number of amidine groups is 1. The van der Waals surface area contributed by atoms with Gasteiger partial charge in [0.05, 0.1) is 19.1 Å². The number of rotatable bonds is 8. The zero-order valence-corrected chi connectivity index (χ0v) is 22.7. The van der Waals surface area contributed by atoms with Crippen molar-refractivity contribution in [3.8, 4) is 22.6 Å². The topological polar surface area (TPSA) is 98.4 Å². The minimum absolute atomic E-state index is 0.214. The molecule has 0 fully saturated rings. The minimum Gasteiger partial charge on any atom is -0.496 e. The van der Waals surface area contributed by atoms with Crippen molar-refractivity contribution in [2.75, 3.05) is 7.11 Å². The van der Waals surface area contributed by atoms with Crippen LogP contribution in [-0.2, 0) is 0 Å². The SMILES string of the molecule is CC.CCCC(C)(C)Oc1ccc(-c2ccc(N=C(N)c3ccccn3)cc2)c(OC)c1.c1c[nH]cn1. The van der Waals surface area contributed by atoms with E-state index in [1.165, 1.54) is 0 Å². The van der Waals surface area contributed by atoms with Crippen LogP contribution in [0.2, 0.25) is 0 Å². The molecule has 3 N–H and O–H groups in total. The molecule has 2 aromatic heterocycles. The second kappa shape index (κ2) is 15.1. The van der Waals surface area contributed by atoms with Crippen LogP contribution in [0.4, 0.5) is 5.69 Å². The van der Waals surface area contributed by atoms with Crippen LogP contribution in [0.5, 0.6) is 11.5 Å². The smallest absolute Gasteiger partial charge is 0.150 e. The van der Waals surface area contributed by atoms with Gasteiger partial charge in [-0.15, -0.1) is 0 Å². The van der Waals surface area contributed by atoms with E-state index < -0.39 is 0 Å². The number of ether oxygens (including phenoxy) is 2. The second-order valence-corrected chi connectivity index (χ2v) is 8.49. The number of H-pyrrole nitrogens is 1. The Morgan fingerprint density at radius 3 is 2.32 bits per heavy atom. The normalized spacial score (nSPS) is 10.9. The molecule has 0 saturated heterocycles. The molecule has 0 aliphatic rings. The number of methoxy groups -OCH3 is 1. The third-order valence-electron chi connectivity index (χ3n) is 5.18. The van der Waals surface area contributed by atoms with Gasteiger partial charge in [0.15, 0.2) is 0 Å². The fourth-order valence-corrected chi connectivity index (χ4v) is 3.59. The molecule has 0 bridgehead atoms. The summed E-state index contributed by atoms with van der Waals surface area (Å²) in [6, 6.07) is 19.4. The van der Waals surface area contributed by atoms with Crippen LogP contribution < -0.4 is 15.2 Å². The maximum Gasteiger partial charge on any atom is 0.150 e. The fourth-order valence-electron chi connectivity index (χ4n) is 3.59. The van der Waals surface area contributed by atoms with E-state index in [9.17, 15) is 0 Å². The molecule has 4 aromatic rings. The average molecular weight is 502 g/mol. The highest BCUT2D eigenvalue weighted by molar-refractivity contribution is 5.97. The van der Waals surface area contributed by atoms with Gasteiger partial charge in [-0.2, -0.15) is 0 Å². The molecule has 0 saturated carbocycles. The first-order chi connectivity index (χ1) is 17.9. The van der Waals surface area contributed by atoms with E-state index in [4.69, 9.17) is 15.2 Å². The van der Waals surface area contributed by atoms with Crippen molar-refractivity contribution in [1.29, 1.82) is 0 Å². The van der Waals surface area contributed by atoms with E-state index in [0.717, 1.165) is 41.2 Å². The number of pyridine rings is 1. The summed E-state index contributed by atoms with van der Waals surface area (Å²) in [4.78, 5) is 15.1. The van der Waals surface area contributed by atoms with Crippen molar-refractivity contribution >= 4 is 11.5 Å². The minimum atomic E-state index is -0.214. The summed E-state index contributed by atoms with van der Waals surface area (Å²) in [5.74, 6) is 1.96. The Morgan fingerprint density at radius 2 is 1.78 bits per heavy atom. The Balaban J connectivity index is 0.000000602. The lowest BCUT2D eigenvalue weighted by molar-refractivity contribution is 0.0983. The van der Waals surface area contributed by atoms with Crippen molar-refractivity contribution in [2.24, 2.45) is 10.7 Å². The van der Waals surface area contributed by atoms with E-state index in [2.05, 4.69) is 40.7 Å². The van der Waals surface area contributed by atoms with Crippen LogP contribution in [0.15, 0.2) is 90.6 Å². The molecule has 196 valence electrons. The van der Waals surface area contributed by atoms with Gasteiger partial charge < -0.3 is 20.2 Å². The monoisotopic (exact) mass is 501 g/mol. The molecular formula is C30H39N5O2. The van der Waals surface area contributed by atoms with Crippen molar-refractivity contribution in [2.45, 2.75) is 53.1 Å². The van der Waals surface area contributed by atoms with Gasteiger partial charge >= 0.3 is 0 Å². The molecule has 0 aliphatic carbocycles. The quantitative estimate of drug-likeness (QED) is 0.197. The van der Waals surface area contributed by atoms with Gasteiger partial charge in [0.2, 0.25) is 0 Å². The molecule has 4 rings (SSSR count). The summed E-state index contributed by atoms with van der Waals surface area (Å²) in [6.07, 6.45) is 8.84. The van der Waals surface area contributed by atoms with Crippen molar-refractivity contribution in [3.63, 3.8) is 0 Å². The Hall–Kier alpha value is -4.13. The standard InChI is InChI=1S/C25H29N3O2.C3H4N2.C2H6/c1-5-15-25(2,3)30-20-13-14-21(23(17-20)29-4)18-9-11-19(12-10-18)28-24(26)22-8-6-7-16-27-22;1-2-5-3-4-1;1-2/h6-14,16-17H,5,15H2,1-4H3,(H2,26,28);1-3H,(H,4,5);1-2H3. The number of hydrogen-bond donors (Lipinski definition) is 2. The average Bonchev–Trinajstić information content (AvgIpc) is 3.51. The third-order valence-corrected chi connectivity index (χ3v) is 5.18. The number of nitrogens with two attached hydrogens (primary N) is 1. The summed E-state index contributed by atoms with van der Waals surface area (Å²) in [5.41, 5.74) is 9.29. The van der Waals surface area contributed by atoms with Gasteiger partial charge in [-0.25, -0.2) is 9.98 Å². The first-order valence-electron chi connectivity index (χ1n) is 12.6. The van der Waals surface area contributed by atoms with E-state index in [1.807, 2.05) is 74.5 Å². The third kappa shape index (κ3) is 9.44. The molecule has 7 nitrogen and oxygen atoms in total. The lowest BCUT2D eigenvalue weighted by Crippen LogP contribution is -2.27. The number of nitrogens with zero attached hydrogens (tertiary/aromatic N) is 3. The molecule has 0 aliphatic heterocycles. The zero-order chi connectivity index (χ0) is 27.1. The summed E-state index contributed by atoms with van der Waals surface area (Å²) < 4.78 is 11.8. The number of nitrogens with one attached hydrogen (secondary N) is 1. The molecule has 0 atom stereocenters. The Morgan fingerprint density at radius 1 is 1.03 bits per heavy atom. The predicted molar refractivity (Wildman–Crippen MR) is 153 cm³/mol. The van der Waals surface area contributed by atoms with E-state index in [1.54, 1.807) is 32.0 Å². The molecule has 0 amide bonds. The number of aromatic amines is 1. The first kappa shape index (κ1) is 29.1. The summed E-state index contributed by atoms with van der Waals surface area (Å²) in [7, 11) is 1.67. The molecule has 37 heavy (non-hydrogen) atoms. The number of hydrogen-bond acceptors (Lipinski definition) is 5. The van der Waals surface area contributed by atoms with Gasteiger partial charge in [-0.3, -0.25) is 4.98 Å². The molecule has 0 radical (unpaired) electrons. The highest BCUT2D eigenvalue weighted by Crippen LogP contribution is 2.35. The van der Waals surface area contributed by atoms with Crippen molar-refractivity contribution in [1.82, 2.24) is 15.0 Å². The number of imidazole rings is 1. The molecular weight excluding hydrogens is 462 g/mol. The highest BCUT2D eigenvalue weighted by atomic mass is 16.5. The molecule has 0 spiro atoms. The van der Waals surface area contributed by atoms with E-state index in [-0.39, 0.29) is 5.60 Å². The van der Waals surface area contributed by atoms with Crippen LogP contribution in [0.25, 0.3) is 11.1 Å². The Bertz CT molecular complexity index is 1170. The van der Waals surface area contributed by atoms with Crippen molar-refractivity contribution < 1.29 is 9.47 Å². The molecule has 2 heterocycles. The van der Waals surface area contributed by atoms with Crippen LogP contribution in [0, 0.1) is 0 Å². The van der Waals surface area contributed by atoms with Crippen LogP contribution >= 0.6 is 0 Å². The fraction of sp³-hybridized carbons (Fsp3) is 0.300. The maximum atomic E-state index is 6.16. The lowest BCUT2D eigenvalue weighted by atomic mass is 10.0. The highest BCUT2D eigenvalue weighted by Gasteiger charge is 2.19. The van der Waals surface area contributed by atoms with Gasteiger partial charge in [0.1, 0.15) is 28.6 Å². The summed E-state index contributed by atoms with van der Waals surface area (Å²) in [6.45, 7) is 10.4. The van der Waals surface area contributed by atoms with Gasteiger partial charge in [0.25, 0.3) is 0 Å². The van der Waals surface area contributed by atoms with Gasteiger partial charge in [-0.05, 0) is 62.2 Å². The largest absolute Gasteiger partial charge is 0.496 e. The van der Waals surface area contributed by atoms with Gasteiger partial charge in [-0.1, -0.05) is 45.4 Å². The predicted octanol–water partition coefficient (Wildman–Crippen LogP) is 7.19. The molecule has 2 aromatic carbocycles. The number of benzene rings is 2. The Kier molecular flexibility index (Phi) is 11.9. The van der Waals surface area contributed by atoms with E-state index in [0.29, 0.717) is 11.5 Å². The number of aliphatic imine (C=N–C) groups is 1. The first-order valence-corrected chi connectivity index (χ1v) is 12.6. The maximum absolute atomic E-state index is 6.16. The Labute approximate surface area is 220 Å².